The largest absolute Gasteiger partial charge is 0.438 e. The van der Waals surface area contributed by atoms with Gasteiger partial charge in [-0.15, -0.1) is 0 Å². The van der Waals surface area contributed by atoms with Crippen LogP contribution in [0, 0.1) is 0 Å². The summed E-state index contributed by atoms with van der Waals surface area (Å²) in [4.78, 5) is 22.9. The molecule has 3 heterocycles. The van der Waals surface area contributed by atoms with Crippen molar-refractivity contribution < 1.29 is 9.53 Å². The predicted octanol–water partition coefficient (Wildman–Crippen LogP) is 1.43. The summed E-state index contributed by atoms with van der Waals surface area (Å²) in [6.07, 6.45) is 5.65. The van der Waals surface area contributed by atoms with Crippen LogP contribution in [0.15, 0.2) is 22.1 Å². The smallest absolute Gasteiger partial charge is 0.304 e. The maximum atomic E-state index is 11.3. The van der Waals surface area contributed by atoms with E-state index in [4.69, 9.17) is 14.7 Å². The number of aliphatic imine (C=N–C) groups is 2. The van der Waals surface area contributed by atoms with Crippen LogP contribution < -0.4 is 5.32 Å². The Hall–Kier alpha value is -1.85. The first-order valence-electron chi connectivity index (χ1n) is 7.51. The Labute approximate surface area is 125 Å². The molecule has 4 unspecified atom stereocenters. The van der Waals surface area contributed by atoms with E-state index in [-0.39, 0.29) is 18.1 Å². The number of hydrogen-bond donors (Lipinski definition) is 1. The van der Waals surface area contributed by atoms with Crippen molar-refractivity contribution in [2.75, 3.05) is 0 Å². The van der Waals surface area contributed by atoms with Crippen LogP contribution in [0.3, 0.4) is 0 Å². The molecule has 0 saturated carbocycles. The number of ether oxygens (including phenoxy) is 1. The van der Waals surface area contributed by atoms with Gasteiger partial charge in [-0.3, -0.25) is 19.7 Å². The SMILES string of the molecule is CCCC1N=C(C)N2C(OC(C)=O)C=CC23NC(C)=NC13. The summed E-state index contributed by atoms with van der Waals surface area (Å²) < 4.78 is 5.41. The van der Waals surface area contributed by atoms with Crippen molar-refractivity contribution in [3.63, 3.8) is 0 Å². The molecule has 21 heavy (non-hydrogen) atoms. The van der Waals surface area contributed by atoms with E-state index in [2.05, 4.69) is 18.3 Å². The molecule has 6 nitrogen and oxygen atoms in total. The molecule has 0 aliphatic carbocycles. The van der Waals surface area contributed by atoms with Gasteiger partial charge in [-0.25, -0.2) is 0 Å². The molecule has 3 aliphatic heterocycles. The molecule has 4 atom stereocenters. The van der Waals surface area contributed by atoms with E-state index in [0.717, 1.165) is 24.5 Å². The zero-order valence-electron chi connectivity index (χ0n) is 13.0. The Balaban J connectivity index is 1.99. The lowest BCUT2D eigenvalue weighted by atomic mass is 9.90. The molecule has 0 bridgehead atoms. The highest BCUT2D eigenvalue weighted by atomic mass is 16.6. The number of carbonyl (C=O) groups is 1. The summed E-state index contributed by atoms with van der Waals surface area (Å²) in [6, 6.07) is 0.190. The quantitative estimate of drug-likeness (QED) is 0.631. The topological polar surface area (TPSA) is 66.3 Å². The van der Waals surface area contributed by atoms with Gasteiger partial charge < -0.3 is 10.1 Å². The van der Waals surface area contributed by atoms with Crippen molar-refractivity contribution in [1.82, 2.24) is 10.2 Å². The highest BCUT2D eigenvalue weighted by Gasteiger charge is 2.57. The van der Waals surface area contributed by atoms with Gasteiger partial charge >= 0.3 is 5.97 Å². The van der Waals surface area contributed by atoms with Gasteiger partial charge in [0.15, 0.2) is 11.9 Å². The highest BCUT2D eigenvalue weighted by molar-refractivity contribution is 5.89. The monoisotopic (exact) mass is 290 g/mol. The molecule has 114 valence electrons. The Bertz CT molecular complexity index is 554. The summed E-state index contributed by atoms with van der Waals surface area (Å²) in [7, 11) is 0. The van der Waals surface area contributed by atoms with Crippen LogP contribution in [0.25, 0.3) is 0 Å². The molecule has 1 spiro atoms. The average Bonchev–Trinajstić information content (AvgIpc) is 2.90. The van der Waals surface area contributed by atoms with E-state index >= 15 is 0 Å². The minimum Gasteiger partial charge on any atom is -0.438 e. The third-order valence-electron chi connectivity index (χ3n) is 4.27. The van der Waals surface area contributed by atoms with E-state index in [1.54, 1.807) is 0 Å². The number of esters is 1. The van der Waals surface area contributed by atoms with Crippen LogP contribution >= 0.6 is 0 Å². The number of amidine groups is 2. The predicted molar refractivity (Wildman–Crippen MR) is 81.1 cm³/mol. The van der Waals surface area contributed by atoms with Crippen molar-refractivity contribution in [2.24, 2.45) is 9.98 Å². The summed E-state index contributed by atoms with van der Waals surface area (Å²) >= 11 is 0. The third kappa shape index (κ3) is 2.04. The second kappa shape index (κ2) is 4.86. The molecule has 0 aromatic rings. The first-order chi connectivity index (χ1) is 9.98. The van der Waals surface area contributed by atoms with E-state index in [9.17, 15) is 4.79 Å². The normalized spacial score (nSPS) is 36.6. The molecule has 0 amide bonds. The van der Waals surface area contributed by atoms with Crippen molar-refractivity contribution in [3.8, 4) is 0 Å². The molecule has 6 heteroatoms. The van der Waals surface area contributed by atoms with Gasteiger partial charge in [0.05, 0.1) is 11.9 Å². The lowest BCUT2D eigenvalue weighted by Gasteiger charge is -2.47. The fourth-order valence-corrected chi connectivity index (χ4v) is 3.64. The van der Waals surface area contributed by atoms with Gasteiger partial charge in [0, 0.05) is 6.92 Å². The molecule has 0 saturated heterocycles. The second-order valence-electron chi connectivity index (χ2n) is 5.87. The minimum atomic E-state index is -0.435. The maximum Gasteiger partial charge on any atom is 0.304 e. The van der Waals surface area contributed by atoms with Crippen molar-refractivity contribution in [1.29, 1.82) is 0 Å². The summed E-state index contributed by atoms with van der Waals surface area (Å²) in [5, 5.41) is 3.47. The maximum absolute atomic E-state index is 11.3. The lowest BCUT2D eigenvalue weighted by molar-refractivity contribution is -0.151. The molecule has 1 N–H and O–H groups in total. The minimum absolute atomic E-state index is 0.0259. The Kier molecular flexibility index (Phi) is 3.26. The van der Waals surface area contributed by atoms with Crippen LogP contribution in [0.5, 0.6) is 0 Å². The van der Waals surface area contributed by atoms with E-state index in [1.165, 1.54) is 6.92 Å². The van der Waals surface area contributed by atoms with Crippen LogP contribution in [0.1, 0.15) is 40.5 Å². The molecular formula is C15H22N4O2. The lowest BCUT2D eigenvalue weighted by Crippen LogP contribution is -2.67. The number of rotatable bonds is 3. The molecular weight excluding hydrogens is 268 g/mol. The van der Waals surface area contributed by atoms with Crippen molar-refractivity contribution in [2.45, 2.75) is 64.5 Å². The van der Waals surface area contributed by atoms with Crippen molar-refractivity contribution in [3.05, 3.63) is 12.2 Å². The van der Waals surface area contributed by atoms with Gasteiger partial charge in [0.2, 0.25) is 0 Å². The number of nitrogens with zero attached hydrogens (tertiary/aromatic N) is 3. The van der Waals surface area contributed by atoms with Gasteiger partial charge in [0.25, 0.3) is 0 Å². The summed E-state index contributed by atoms with van der Waals surface area (Å²) in [6.45, 7) is 7.53. The third-order valence-corrected chi connectivity index (χ3v) is 4.27. The fraction of sp³-hybridized carbons (Fsp3) is 0.667. The van der Waals surface area contributed by atoms with Gasteiger partial charge in [-0.2, -0.15) is 0 Å². The van der Waals surface area contributed by atoms with Crippen molar-refractivity contribution >= 4 is 17.6 Å². The number of carbonyl (C=O) groups excluding carboxylic acids is 1. The number of nitrogens with one attached hydrogen (secondary N) is 1. The van der Waals surface area contributed by atoms with Gasteiger partial charge in [0.1, 0.15) is 11.9 Å². The van der Waals surface area contributed by atoms with Crippen LogP contribution in [0.2, 0.25) is 0 Å². The van der Waals surface area contributed by atoms with Crippen LogP contribution in [-0.4, -0.2) is 46.5 Å². The first-order valence-corrected chi connectivity index (χ1v) is 7.51. The highest BCUT2D eigenvalue weighted by Crippen LogP contribution is 2.40. The van der Waals surface area contributed by atoms with Gasteiger partial charge in [-0.1, -0.05) is 13.3 Å². The molecule has 0 fully saturated rings. The molecule has 3 aliphatic rings. The van der Waals surface area contributed by atoms with E-state index in [1.807, 2.05) is 24.8 Å². The summed E-state index contributed by atoms with van der Waals surface area (Å²) in [5.41, 5.74) is -0.435. The molecule has 3 rings (SSSR count). The molecule has 0 radical (unpaired) electrons. The first kappa shape index (κ1) is 14.1. The number of hydrogen-bond acceptors (Lipinski definition) is 6. The van der Waals surface area contributed by atoms with Gasteiger partial charge in [-0.05, 0) is 32.4 Å². The van der Waals surface area contributed by atoms with E-state index < -0.39 is 11.9 Å². The Morgan fingerprint density at radius 2 is 2.24 bits per heavy atom. The average molecular weight is 290 g/mol. The van der Waals surface area contributed by atoms with E-state index in [0.29, 0.717) is 0 Å². The van der Waals surface area contributed by atoms with Crippen LogP contribution in [0.4, 0.5) is 0 Å². The Morgan fingerprint density at radius 1 is 1.48 bits per heavy atom. The standard InChI is InChI=1S/C15H22N4O2/c1-5-6-12-14-15(18-9(2)16-14)8-7-13(21-11(4)20)19(15)10(3)17-12/h7-8,12-14H,5-6H2,1-4H3,(H,16,18). The Morgan fingerprint density at radius 3 is 2.90 bits per heavy atom. The van der Waals surface area contributed by atoms with Crippen LogP contribution in [-0.2, 0) is 9.53 Å². The molecule has 0 aromatic carbocycles. The zero-order valence-corrected chi connectivity index (χ0v) is 13.0. The molecule has 0 aromatic heterocycles. The summed E-state index contributed by atoms with van der Waals surface area (Å²) in [5.74, 6) is 1.50. The fourth-order valence-electron chi connectivity index (χ4n) is 3.64. The zero-order chi connectivity index (χ0) is 15.2. The second-order valence-corrected chi connectivity index (χ2v) is 5.87.